The molecular weight excluding hydrogens is 290 g/mol. The summed E-state index contributed by atoms with van der Waals surface area (Å²) in [6, 6.07) is 4.85. The van der Waals surface area contributed by atoms with Gasteiger partial charge in [0.25, 0.3) is 0 Å². The van der Waals surface area contributed by atoms with Gasteiger partial charge in [-0.1, -0.05) is 13.8 Å². The first-order valence-corrected chi connectivity index (χ1v) is 8.54. The predicted octanol–water partition coefficient (Wildman–Crippen LogP) is 2.37. The van der Waals surface area contributed by atoms with Gasteiger partial charge in [-0.2, -0.15) is 4.31 Å². The zero-order chi connectivity index (χ0) is 15.6. The molecule has 2 atom stereocenters. The average molecular weight is 313 g/mol. The molecule has 118 valence electrons. The molecule has 1 aromatic carbocycles. The lowest BCUT2D eigenvalue weighted by Crippen LogP contribution is -2.42. The second-order valence-electron chi connectivity index (χ2n) is 5.78. The van der Waals surface area contributed by atoms with Crippen LogP contribution in [-0.4, -0.2) is 40.0 Å². The summed E-state index contributed by atoms with van der Waals surface area (Å²) in [5.41, 5.74) is 0. The van der Waals surface area contributed by atoms with Crippen LogP contribution in [-0.2, 0) is 10.0 Å². The van der Waals surface area contributed by atoms with E-state index in [2.05, 4.69) is 13.8 Å². The molecule has 1 aromatic rings. The Morgan fingerprint density at radius 3 is 2.24 bits per heavy atom. The van der Waals surface area contributed by atoms with Crippen LogP contribution in [0.25, 0.3) is 0 Å². The molecule has 0 unspecified atom stereocenters. The van der Waals surface area contributed by atoms with Crippen LogP contribution >= 0.6 is 0 Å². The monoisotopic (exact) mass is 313 g/mol. The first-order valence-electron chi connectivity index (χ1n) is 7.10. The Hall–Kier alpha value is -1.27. The summed E-state index contributed by atoms with van der Waals surface area (Å²) in [4.78, 5) is 0.172. The Bertz CT molecular complexity index is 590. The highest BCUT2D eigenvalue weighted by Gasteiger charge is 2.33. The highest BCUT2D eigenvalue weighted by molar-refractivity contribution is 7.89. The van der Waals surface area contributed by atoms with Gasteiger partial charge in [0.2, 0.25) is 10.0 Å². The number of nitrogens with zero attached hydrogens (tertiary/aromatic N) is 1. The molecule has 5 nitrogen and oxygen atoms in total. The van der Waals surface area contributed by atoms with E-state index in [0.717, 1.165) is 6.42 Å². The summed E-state index contributed by atoms with van der Waals surface area (Å²) in [6.45, 7) is 5.27. The molecule has 1 heterocycles. The molecule has 0 aromatic heterocycles. The maximum atomic E-state index is 12.9. The fourth-order valence-corrected chi connectivity index (χ4v) is 4.78. The van der Waals surface area contributed by atoms with Gasteiger partial charge in [0, 0.05) is 19.2 Å². The van der Waals surface area contributed by atoms with Crippen LogP contribution in [0.4, 0.5) is 0 Å². The number of rotatable bonds is 4. The molecular formula is C15H23NO4S. The minimum absolute atomic E-state index is 0.172. The van der Waals surface area contributed by atoms with E-state index in [0.29, 0.717) is 36.4 Å². The van der Waals surface area contributed by atoms with E-state index in [1.54, 1.807) is 16.4 Å². The lowest BCUT2D eigenvalue weighted by molar-refractivity contribution is 0.222. The van der Waals surface area contributed by atoms with E-state index in [-0.39, 0.29) is 4.90 Å². The summed E-state index contributed by atoms with van der Waals surface area (Å²) < 4.78 is 37.7. The molecule has 0 amide bonds. The van der Waals surface area contributed by atoms with Crippen molar-refractivity contribution in [3.8, 4) is 11.5 Å². The summed E-state index contributed by atoms with van der Waals surface area (Å²) in [7, 11) is -0.583. The highest BCUT2D eigenvalue weighted by atomic mass is 32.2. The molecule has 1 aliphatic heterocycles. The topological polar surface area (TPSA) is 55.8 Å². The van der Waals surface area contributed by atoms with E-state index in [1.807, 2.05) is 0 Å². The molecule has 0 radical (unpaired) electrons. The fraction of sp³-hybridized carbons (Fsp3) is 0.600. The number of benzene rings is 1. The number of methoxy groups -OCH3 is 2. The number of piperidine rings is 1. The Labute approximate surface area is 126 Å². The van der Waals surface area contributed by atoms with Crippen LogP contribution < -0.4 is 9.47 Å². The Morgan fingerprint density at radius 1 is 1.10 bits per heavy atom. The van der Waals surface area contributed by atoms with E-state index in [4.69, 9.17) is 9.47 Å². The van der Waals surface area contributed by atoms with Crippen molar-refractivity contribution in [3.63, 3.8) is 0 Å². The minimum Gasteiger partial charge on any atom is -0.497 e. The highest BCUT2D eigenvalue weighted by Crippen LogP contribution is 2.33. The third-order valence-electron chi connectivity index (χ3n) is 3.82. The summed E-state index contributed by atoms with van der Waals surface area (Å²) in [5, 5.41) is 0. The normalized spacial score (nSPS) is 23.8. The zero-order valence-electron chi connectivity index (χ0n) is 13.0. The number of hydrogen-bond donors (Lipinski definition) is 0. The minimum atomic E-state index is -3.57. The molecule has 6 heteroatoms. The molecule has 0 N–H and O–H groups in total. The molecule has 0 aliphatic carbocycles. The van der Waals surface area contributed by atoms with Crippen molar-refractivity contribution in [2.75, 3.05) is 27.3 Å². The Kier molecular flexibility index (Phi) is 4.78. The van der Waals surface area contributed by atoms with Gasteiger partial charge < -0.3 is 9.47 Å². The van der Waals surface area contributed by atoms with Crippen LogP contribution in [0.1, 0.15) is 20.3 Å². The number of ether oxygens (including phenoxy) is 2. The first kappa shape index (κ1) is 16.1. The second-order valence-corrected chi connectivity index (χ2v) is 7.69. The van der Waals surface area contributed by atoms with Crippen LogP contribution in [0.5, 0.6) is 11.5 Å². The van der Waals surface area contributed by atoms with Gasteiger partial charge in [0.15, 0.2) is 0 Å². The molecule has 1 fully saturated rings. The smallest absolute Gasteiger partial charge is 0.246 e. The second kappa shape index (κ2) is 6.23. The van der Waals surface area contributed by atoms with Crippen molar-refractivity contribution in [2.24, 2.45) is 11.8 Å². The van der Waals surface area contributed by atoms with E-state index < -0.39 is 10.0 Å². The van der Waals surface area contributed by atoms with Crippen molar-refractivity contribution in [1.29, 1.82) is 0 Å². The molecule has 0 saturated carbocycles. The Morgan fingerprint density at radius 2 is 1.71 bits per heavy atom. The zero-order valence-corrected chi connectivity index (χ0v) is 13.8. The summed E-state index contributed by atoms with van der Waals surface area (Å²) in [5.74, 6) is 1.58. The molecule has 21 heavy (non-hydrogen) atoms. The molecule has 0 bridgehead atoms. The molecule has 1 aliphatic rings. The Balaban J connectivity index is 2.43. The summed E-state index contributed by atoms with van der Waals surface area (Å²) >= 11 is 0. The van der Waals surface area contributed by atoms with Gasteiger partial charge in [0.1, 0.15) is 16.4 Å². The lowest BCUT2D eigenvalue weighted by Gasteiger charge is -2.34. The number of hydrogen-bond acceptors (Lipinski definition) is 4. The van der Waals surface area contributed by atoms with Gasteiger partial charge in [0.05, 0.1) is 14.2 Å². The predicted molar refractivity (Wildman–Crippen MR) is 81.2 cm³/mol. The first-order chi connectivity index (χ1) is 9.88. The van der Waals surface area contributed by atoms with Crippen LogP contribution in [0.2, 0.25) is 0 Å². The van der Waals surface area contributed by atoms with E-state index in [1.165, 1.54) is 20.3 Å². The van der Waals surface area contributed by atoms with Gasteiger partial charge in [-0.25, -0.2) is 8.42 Å². The van der Waals surface area contributed by atoms with Crippen molar-refractivity contribution in [2.45, 2.75) is 25.2 Å². The molecule has 1 saturated heterocycles. The van der Waals surface area contributed by atoms with Crippen molar-refractivity contribution in [1.82, 2.24) is 4.31 Å². The lowest BCUT2D eigenvalue weighted by atomic mass is 9.94. The standard InChI is InChI=1S/C15H23NO4S/c1-11-7-12(2)10-16(9-11)21(17,18)15-8-13(19-3)5-6-14(15)20-4/h5-6,8,11-12H,7,9-10H2,1-4H3/t11-,12-/m0/s1. The largest absolute Gasteiger partial charge is 0.497 e. The average Bonchev–Trinajstić information content (AvgIpc) is 2.45. The summed E-state index contributed by atoms with van der Waals surface area (Å²) in [6.07, 6.45) is 1.06. The quantitative estimate of drug-likeness (QED) is 0.856. The van der Waals surface area contributed by atoms with Gasteiger partial charge in [-0.15, -0.1) is 0 Å². The fourth-order valence-electron chi connectivity index (χ4n) is 2.93. The number of sulfonamides is 1. The molecule has 0 spiro atoms. The van der Waals surface area contributed by atoms with Crippen LogP contribution in [0, 0.1) is 11.8 Å². The van der Waals surface area contributed by atoms with E-state index in [9.17, 15) is 8.42 Å². The van der Waals surface area contributed by atoms with Gasteiger partial charge in [-0.3, -0.25) is 0 Å². The third kappa shape index (κ3) is 3.32. The maximum absolute atomic E-state index is 12.9. The van der Waals surface area contributed by atoms with Crippen molar-refractivity contribution < 1.29 is 17.9 Å². The van der Waals surface area contributed by atoms with Gasteiger partial charge >= 0.3 is 0 Å². The van der Waals surface area contributed by atoms with Crippen LogP contribution in [0.3, 0.4) is 0 Å². The van der Waals surface area contributed by atoms with Gasteiger partial charge in [-0.05, 0) is 30.4 Å². The third-order valence-corrected chi connectivity index (χ3v) is 5.68. The van der Waals surface area contributed by atoms with Crippen molar-refractivity contribution in [3.05, 3.63) is 18.2 Å². The SMILES string of the molecule is COc1ccc(OC)c(S(=O)(=O)N2C[C@@H](C)C[C@H](C)C2)c1. The van der Waals surface area contributed by atoms with E-state index >= 15 is 0 Å². The van der Waals surface area contributed by atoms with Crippen molar-refractivity contribution >= 4 is 10.0 Å². The molecule has 2 rings (SSSR count). The van der Waals surface area contributed by atoms with Crippen LogP contribution in [0.15, 0.2) is 23.1 Å². The maximum Gasteiger partial charge on any atom is 0.246 e.